The molecule has 1 atom stereocenters. The van der Waals surface area contributed by atoms with Gasteiger partial charge in [0, 0.05) is 18.1 Å². The Morgan fingerprint density at radius 1 is 1.42 bits per heavy atom. The first-order valence-corrected chi connectivity index (χ1v) is 5.54. The van der Waals surface area contributed by atoms with E-state index in [4.69, 9.17) is 10.2 Å². The van der Waals surface area contributed by atoms with E-state index in [1.807, 2.05) is 0 Å². The molecular formula is C8H19NO2S. The van der Waals surface area contributed by atoms with E-state index in [1.54, 1.807) is 11.8 Å². The number of aliphatic hydroxyl groups excluding tert-OH is 2. The molecule has 0 heterocycles. The van der Waals surface area contributed by atoms with Crippen molar-refractivity contribution in [2.45, 2.75) is 19.4 Å². The van der Waals surface area contributed by atoms with Crippen LogP contribution in [0.2, 0.25) is 0 Å². The van der Waals surface area contributed by atoms with Gasteiger partial charge in [0.2, 0.25) is 0 Å². The van der Waals surface area contributed by atoms with E-state index in [-0.39, 0.29) is 6.61 Å². The van der Waals surface area contributed by atoms with Crippen molar-refractivity contribution in [3.05, 3.63) is 0 Å². The molecule has 1 unspecified atom stereocenters. The van der Waals surface area contributed by atoms with Crippen LogP contribution in [-0.2, 0) is 0 Å². The lowest BCUT2D eigenvalue weighted by Crippen LogP contribution is -2.20. The Morgan fingerprint density at radius 3 is 2.75 bits per heavy atom. The minimum absolute atomic E-state index is 0.130. The first-order valence-electron chi connectivity index (χ1n) is 4.38. The molecule has 0 spiro atoms. The summed E-state index contributed by atoms with van der Waals surface area (Å²) in [5.41, 5.74) is 0. The maximum absolute atomic E-state index is 8.97. The van der Waals surface area contributed by atoms with Gasteiger partial charge in [-0.3, -0.25) is 0 Å². The highest BCUT2D eigenvalue weighted by Crippen LogP contribution is 2.00. The molecule has 0 amide bonds. The van der Waals surface area contributed by atoms with Crippen molar-refractivity contribution < 1.29 is 10.2 Å². The van der Waals surface area contributed by atoms with Gasteiger partial charge < -0.3 is 15.5 Å². The minimum atomic E-state index is -0.554. The fourth-order valence-electron chi connectivity index (χ4n) is 0.718. The molecule has 3 N–H and O–H groups in total. The first-order chi connectivity index (χ1) is 5.81. The van der Waals surface area contributed by atoms with Crippen LogP contribution in [0.4, 0.5) is 0 Å². The Hall–Kier alpha value is 0.230. The van der Waals surface area contributed by atoms with Crippen molar-refractivity contribution in [2.24, 2.45) is 0 Å². The lowest BCUT2D eigenvalue weighted by Gasteiger charge is -2.06. The molecule has 0 aliphatic carbocycles. The maximum atomic E-state index is 8.97. The quantitative estimate of drug-likeness (QED) is 0.478. The smallest absolute Gasteiger partial charge is 0.0861 e. The molecule has 0 saturated carbocycles. The van der Waals surface area contributed by atoms with E-state index in [0.717, 1.165) is 25.3 Å². The molecule has 12 heavy (non-hydrogen) atoms. The highest BCUT2D eigenvalue weighted by Gasteiger charge is 2.00. The second kappa shape index (κ2) is 9.32. The predicted molar refractivity (Wildman–Crippen MR) is 53.6 cm³/mol. The van der Waals surface area contributed by atoms with Gasteiger partial charge in [0.15, 0.2) is 0 Å². The van der Waals surface area contributed by atoms with Crippen LogP contribution in [0, 0.1) is 0 Å². The van der Waals surface area contributed by atoms with Crippen LogP contribution in [0.5, 0.6) is 0 Å². The van der Waals surface area contributed by atoms with Gasteiger partial charge in [-0.1, -0.05) is 6.92 Å². The summed E-state index contributed by atoms with van der Waals surface area (Å²) in [7, 11) is 0. The van der Waals surface area contributed by atoms with Crippen molar-refractivity contribution in [3.63, 3.8) is 0 Å². The van der Waals surface area contributed by atoms with E-state index >= 15 is 0 Å². The average molecular weight is 193 g/mol. The third-order valence-corrected chi connectivity index (χ3v) is 2.48. The van der Waals surface area contributed by atoms with Crippen LogP contribution in [0.3, 0.4) is 0 Å². The van der Waals surface area contributed by atoms with Gasteiger partial charge in [-0.25, -0.2) is 0 Å². The van der Waals surface area contributed by atoms with Crippen molar-refractivity contribution >= 4 is 11.8 Å². The largest absolute Gasteiger partial charge is 0.394 e. The van der Waals surface area contributed by atoms with Crippen molar-refractivity contribution in [1.82, 2.24) is 5.32 Å². The SMILES string of the molecule is CCCNCCSCC(O)CO. The third-order valence-electron chi connectivity index (χ3n) is 1.37. The predicted octanol–water partition coefficient (Wildman–Crippen LogP) is 0.0724. The molecule has 0 aliphatic rings. The first kappa shape index (κ1) is 12.2. The molecule has 0 aromatic heterocycles. The lowest BCUT2D eigenvalue weighted by molar-refractivity contribution is 0.113. The summed E-state index contributed by atoms with van der Waals surface area (Å²) in [6, 6.07) is 0. The van der Waals surface area contributed by atoms with E-state index < -0.39 is 6.10 Å². The molecule has 3 nitrogen and oxygen atoms in total. The number of thioether (sulfide) groups is 1. The van der Waals surface area contributed by atoms with Crippen molar-refractivity contribution in [2.75, 3.05) is 31.2 Å². The zero-order chi connectivity index (χ0) is 9.23. The zero-order valence-electron chi connectivity index (χ0n) is 7.62. The fourth-order valence-corrected chi connectivity index (χ4v) is 1.55. The molecule has 0 rings (SSSR count). The zero-order valence-corrected chi connectivity index (χ0v) is 8.44. The molecule has 0 bridgehead atoms. The third kappa shape index (κ3) is 8.33. The van der Waals surface area contributed by atoms with Gasteiger partial charge in [0.05, 0.1) is 12.7 Å². The number of hydrogen-bond acceptors (Lipinski definition) is 4. The Labute approximate surface area is 78.6 Å². The number of aliphatic hydroxyl groups is 2. The van der Waals surface area contributed by atoms with Crippen LogP contribution in [0.15, 0.2) is 0 Å². The number of rotatable bonds is 8. The maximum Gasteiger partial charge on any atom is 0.0861 e. The van der Waals surface area contributed by atoms with Gasteiger partial charge >= 0.3 is 0 Å². The van der Waals surface area contributed by atoms with Crippen LogP contribution < -0.4 is 5.32 Å². The normalized spacial score (nSPS) is 13.2. The number of nitrogens with one attached hydrogen (secondary N) is 1. The van der Waals surface area contributed by atoms with E-state index in [0.29, 0.717) is 5.75 Å². The highest BCUT2D eigenvalue weighted by atomic mass is 32.2. The summed E-state index contributed by atoms with van der Waals surface area (Å²) in [6.07, 6.45) is 0.602. The van der Waals surface area contributed by atoms with Gasteiger partial charge in [0.1, 0.15) is 0 Å². The molecule has 0 saturated heterocycles. The Morgan fingerprint density at radius 2 is 2.17 bits per heavy atom. The topological polar surface area (TPSA) is 52.5 Å². The molecule has 4 heteroatoms. The summed E-state index contributed by atoms with van der Waals surface area (Å²) in [4.78, 5) is 0. The highest BCUT2D eigenvalue weighted by molar-refractivity contribution is 7.99. The number of hydrogen-bond donors (Lipinski definition) is 3. The molecule has 74 valence electrons. The summed E-state index contributed by atoms with van der Waals surface area (Å²) in [5, 5.41) is 20.7. The molecular weight excluding hydrogens is 174 g/mol. The monoisotopic (exact) mass is 193 g/mol. The van der Waals surface area contributed by atoms with Crippen LogP contribution in [0.25, 0.3) is 0 Å². The Balaban J connectivity index is 2.90. The summed E-state index contributed by atoms with van der Waals surface area (Å²) >= 11 is 1.66. The van der Waals surface area contributed by atoms with Gasteiger partial charge in [-0.15, -0.1) is 0 Å². The second-order valence-electron chi connectivity index (χ2n) is 2.66. The van der Waals surface area contributed by atoms with Crippen LogP contribution in [-0.4, -0.2) is 47.5 Å². The average Bonchev–Trinajstić information content (AvgIpc) is 2.10. The van der Waals surface area contributed by atoms with E-state index in [2.05, 4.69) is 12.2 Å². The Bertz CT molecular complexity index is 93.1. The van der Waals surface area contributed by atoms with Gasteiger partial charge in [-0.05, 0) is 13.0 Å². The van der Waals surface area contributed by atoms with Gasteiger partial charge in [-0.2, -0.15) is 11.8 Å². The van der Waals surface area contributed by atoms with Gasteiger partial charge in [0.25, 0.3) is 0 Å². The summed E-state index contributed by atoms with van der Waals surface area (Å²) in [6.45, 7) is 4.05. The molecule has 0 aromatic carbocycles. The molecule has 0 fully saturated rings. The lowest BCUT2D eigenvalue weighted by atomic mass is 10.4. The van der Waals surface area contributed by atoms with Crippen molar-refractivity contribution in [1.29, 1.82) is 0 Å². The van der Waals surface area contributed by atoms with E-state index in [9.17, 15) is 0 Å². The standard InChI is InChI=1S/C8H19NO2S/c1-2-3-9-4-5-12-7-8(11)6-10/h8-11H,2-7H2,1H3. The van der Waals surface area contributed by atoms with Crippen molar-refractivity contribution in [3.8, 4) is 0 Å². The van der Waals surface area contributed by atoms with E-state index in [1.165, 1.54) is 0 Å². The summed E-state index contributed by atoms with van der Waals surface area (Å²) in [5.74, 6) is 1.63. The minimum Gasteiger partial charge on any atom is -0.394 e. The molecule has 0 aromatic rings. The summed E-state index contributed by atoms with van der Waals surface area (Å²) < 4.78 is 0. The van der Waals surface area contributed by atoms with Crippen LogP contribution >= 0.6 is 11.8 Å². The fraction of sp³-hybridized carbons (Fsp3) is 1.00. The molecule has 0 radical (unpaired) electrons. The second-order valence-corrected chi connectivity index (χ2v) is 3.81. The Kier molecular flexibility index (Phi) is 9.50. The van der Waals surface area contributed by atoms with Crippen LogP contribution in [0.1, 0.15) is 13.3 Å². The molecule has 0 aliphatic heterocycles.